The molecule has 1 aromatic rings. The Balaban J connectivity index is 1.74. The molecule has 144 valence electrons. The lowest BCUT2D eigenvalue weighted by atomic mass is 9.75. The van der Waals surface area contributed by atoms with Crippen LogP contribution in [0.1, 0.15) is 25.3 Å². The summed E-state index contributed by atoms with van der Waals surface area (Å²) in [7, 11) is 1.73. The number of esters is 1. The maximum absolute atomic E-state index is 12.9. The molecule has 2 atom stereocenters. The van der Waals surface area contributed by atoms with Crippen LogP contribution in [-0.4, -0.2) is 73.8 Å². The molecular weight excluding hydrogens is 330 g/mol. The molecule has 2 saturated heterocycles. The minimum absolute atomic E-state index is 0.00635. The zero-order valence-electron chi connectivity index (χ0n) is 16.0. The molecule has 0 amide bonds. The van der Waals surface area contributed by atoms with Crippen LogP contribution < -0.4 is 0 Å². The Morgan fingerprint density at radius 2 is 2.23 bits per heavy atom. The Hall–Kier alpha value is -1.50. The number of pyridine rings is 1. The van der Waals surface area contributed by atoms with Gasteiger partial charge in [-0.2, -0.15) is 0 Å². The quantitative estimate of drug-likeness (QED) is 0.691. The van der Waals surface area contributed by atoms with Crippen molar-refractivity contribution < 1.29 is 14.3 Å². The van der Waals surface area contributed by atoms with E-state index in [1.807, 2.05) is 25.4 Å². The molecule has 0 bridgehead atoms. The van der Waals surface area contributed by atoms with Gasteiger partial charge in [0, 0.05) is 58.1 Å². The third-order valence-electron chi connectivity index (χ3n) is 5.76. The second-order valence-corrected chi connectivity index (χ2v) is 7.50. The summed E-state index contributed by atoms with van der Waals surface area (Å²) in [5.74, 6) is 0.297. The van der Waals surface area contributed by atoms with Gasteiger partial charge in [-0.1, -0.05) is 6.07 Å². The Morgan fingerprint density at radius 3 is 2.96 bits per heavy atom. The third kappa shape index (κ3) is 4.24. The lowest BCUT2D eigenvalue weighted by molar-refractivity contribution is -0.157. The first-order valence-electron chi connectivity index (χ1n) is 9.67. The summed E-state index contributed by atoms with van der Waals surface area (Å²) < 4.78 is 10.8. The van der Waals surface area contributed by atoms with Crippen molar-refractivity contribution in [3.8, 4) is 0 Å². The topological polar surface area (TPSA) is 54.9 Å². The second-order valence-electron chi connectivity index (χ2n) is 7.50. The second kappa shape index (κ2) is 8.93. The SMILES string of the molecule is CCOC(=O)[C@@]12CCCN(Cc3cccnc3)C[C@@H]1CN(CCOC)C2. The van der Waals surface area contributed by atoms with Crippen LogP contribution >= 0.6 is 0 Å². The first-order chi connectivity index (χ1) is 12.7. The molecule has 6 nitrogen and oxygen atoms in total. The van der Waals surface area contributed by atoms with Gasteiger partial charge in [0.05, 0.1) is 18.6 Å². The Morgan fingerprint density at radius 1 is 1.38 bits per heavy atom. The van der Waals surface area contributed by atoms with E-state index in [1.54, 1.807) is 7.11 Å². The number of ether oxygens (including phenoxy) is 2. The summed E-state index contributed by atoms with van der Waals surface area (Å²) in [6.07, 6.45) is 5.67. The monoisotopic (exact) mass is 361 g/mol. The van der Waals surface area contributed by atoms with E-state index in [2.05, 4.69) is 20.9 Å². The van der Waals surface area contributed by atoms with Crippen molar-refractivity contribution >= 4 is 5.97 Å². The fourth-order valence-corrected chi connectivity index (χ4v) is 4.51. The van der Waals surface area contributed by atoms with Crippen LogP contribution in [0.5, 0.6) is 0 Å². The van der Waals surface area contributed by atoms with E-state index in [-0.39, 0.29) is 11.4 Å². The lowest BCUT2D eigenvalue weighted by Crippen LogP contribution is -2.42. The number of likely N-dealkylation sites (tertiary alicyclic amines) is 2. The van der Waals surface area contributed by atoms with Crippen LogP contribution in [0.2, 0.25) is 0 Å². The number of methoxy groups -OCH3 is 1. The molecule has 2 aliphatic heterocycles. The molecule has 0 aliphatic carbocycles. The van der Waals surface area contributed by atoms with Crippen molar-refractivity contribution in [1.29, 1.82) is 0 Å². The summed E-state index contributed by atoms with van der Waals surface area (Å²) in [5, 5.41) is 0. The first-order valence-corrected chi connectivity index (χ1v) is 9.67. The van der Waals surface area contributed by atoms with Crippen molar-refractivity contribution in [3.05, 3.63) is 30.1 Å². The highest BCUT2D eigenvalue weighted by molar-refractivity contribution is 5.78. The van der Waals surface area contributed by atoms with E-state index in [4.69, 9.17) is 9.47 Å². The Kier molecular flexibility index (Phi) is 6.62. The standard InChI is InChI=1S/C20H31N3O3/c1-3-26-19(24)20-7-5-9-22(13-17-6-4-8-21-12-17)14-18(20)15-23(16-20)10-11-25-2/h4,6,8,12,18H,3,5,7,9-11,13-16H2,1-2H3/t18-,20-/m1/s1. The van der Waals surface area contributed by atoms with Crippen LogP contribution in [0.15, 0.2) is 24.5 Å². The van der Waals surface area contributed by atoms with E-state index in [1.165, 1.54) is 5.56 Å². The maximum atomic E-state index is 12.9. The maximum Gasteiger partial charge on any atom is 0.313 e. The molecule has 0 saturated carbocycles. The highest BCUT2D eigenvalue weighted by atomic mass is 16.5. The minimum atomic E-state index is -0.368. The van der Waals surface area contributed by atoms with Gasteiger partial charge < -0.3 is 9.47 Å². The summed E-state index contributed by atoms with van der Waals surface area (Å²) in [6, 6.07) is 4.11. The van der Waals surface area contributed by atoms with Crippen LogP contribution in [0, 0.1) is 11.3 Å². The fourth-order valence-electron chi connectivity index (χ4n) is 4.51. The zero-order chi connectivity index (χ0) is 18.4. The Labute approximate surface area is 156 Å². The number of carbonyl (C=O) groups is 1. The molecule has 2 fully saturated rings. The molecule has 6 heteroatoms. The van der Waals surface area contributed by atoms with Crippen LogP contribution in [-0.2, 0) is 20.8 Å². The van der Waals surface area contributed by atoms with Gasteiger partial charge in [-0.3, -0.25) is 19.6 Å². The van der Waals surface area contributed by atoms with Gasteiger partial charge in [0.25, 0.3) is 0 Å². The summed E-state index contributed by atoms with van der Waals surface area (Å²) >= 11 is 0. The van der Waals surface area contributed by atoms with Crippen LogP contribution in [0.3, 0.4) is 0 Å². The molecule has 1 aromatic heterocycles. The molecular formula is C20H31N3O3. The minimum Gasteiger partial charge on any atom is -0.466 e. The lowest BCUT2D eigenvalue weighted by Gasteiger charge is -2.31. The number of hydrogen-bond acceptors (Lipinski definition) is 6. The van der Waals surface area contributed by atoms with Crippen molar-refractivity contribution in [2.24, 2.45) is 11.3 Å². The predicted molar refractivity (Wildman–Crippen MR) is 99.6 cm³/mol. The van der Waals surface area contributed by atoms with Crippen molar-refractivity contribution in [2.75, 3.05) is 53.0 Å². The zero-order valence-corrected chi connectivity index (χ0v) is 16.0. The summed E-state index contributed by atoms with van der Waals surface area (Å²) in [6.45, 7) is 8.48. The number of nitrogens with zero attached hydrogens (tertiary/aromatic N) is 3. The van der Waals surface area contributed by atoms with Gasteiger partial charge in [0.1, 0.15) is 0 Å². The van der Waals surface area contributed by atoms with Gasteiger partial charge in [-0.15, -0.1) is 0 Å². The van der Waals surface area contributed by atoms with E-state index < -0.39 is 0 Å². The van der Waals surface area contributed by atoms with Gasteiger partial charge in [0.15, 0.2) is 0 Å². The normalized spacial score (nSPS) is 27.1. The number of hydrogen-bond donors (Lipinski definition) is 0. The largest absolute Gasteiger partial charge is 0.466 e. The van der Waals surface area contributed by atoms with E-state index >= 15 is 0 Å². The molecule has 26 heavy (non-hydrogen) atoms. The van der Waals surface area contributed by atoms with E-state index in [0.29, 0.717) is 19.1 Å². The molecule has 0 unspecified atom stereocenters. The number of carbonyl (C=O) groups excluding carboxylic acids is 1. The van der Waals surface area contributed by atoms with Crippen molar-refractivity contribution in [3.63, 3.8) is 0 Å². The van der Waals surface area contributed by atoms with Gasteiger partial charge in [-0.05, 0) is 37.9 Å². The average Bonchev–Trinajstić information content (AvgIpc) is 2.90. The molecule has 0 N–H and O–H groups in total. The average molecular weight is 361 g/mol. The van der Waals surface area contributed by atoms with Crippen LogP contribution in [0.25, 0.3) is 0 Å². The summed E-state index contributed by atoms with van der Waals surface area (Å²) in [5.41, 5.74) is 0.860. The number of rotatable bonds is 7. The highest BCUT2D eigenvalue weighted by Crippen LogP contribution is 2.43. The van der Waals surface area contributed by atoms with Gasteiger partial charge in [-0.25, -0.2) is 0 Å². The smallest absolute Gasteiger partial charge is 0.313 e. The van der Waals surface area contributed by atoms with E-state index in [0.717, 1.165) is 52.1 Å². The molecule has 0 radical (unpaired) electrons. The molecule has 0 spiro atoms. The molecule has 3 rings (SSSR count). The van der Waals surface area contributed by atoms with Gasteiger partial charge >= 0.3 is 5.97 Å². The van der Waals surface area contributed by atoms with E-state index in [9.17, 15) is 4.79 Å². The van der Waals surface area contributed by atoms with Gasteiger partial charge in [0.2, 0.25) is 0 Å². The predicted octanol–water partition coefficient (Wildman–Crippen LogP) is 1.81. The third-order valence-corrected chi connectivity index (χ3v) is 5.76. The molecule has 3 heterocycles. The number of fused-ring (bicyclic) bond motifs is 1. The first kappa shape index (κ1) is 19.3. The summed E-state index contributed by atoms with van der Waals surface area (Å²) in [4.78, 5) is 22.0. The van der Waals surface area contributed by atoms with Crippen molar-refractivity contribution in [1.82, 2.24) is 14.8 Å². The Bertz CT molecular complexity index is 583. The highest BCUT2D eigenvalue weighted by Gasteiger charge is 2.53. The number of aromatic nitrogens is 1. The molecule has 2 aliphatic rings. The van der Waals surface area contributed by atoms with Crippen molar-refractivity contribution in [2.45, 2.75) is 26.3 Å². The molecule has 0 aromatic carbocycles. The fraction of sp³-hybridized carbons (Fsp3) is 0.700. The van der Waals surface area contributed by atoms with Crippen LogP contribution in [0.4, 0.5) is 0 Å².